The largest absolute Gasteiger partial charge is 2.00 e. The van der Waals surface area contributed by atoms with Crippen LogP contribution < -0.4 is 0 Å². The molecule has 0 fully saturated rings. The van der Waals surface area contributed by atoms with E-state index in [-0.39, 0.29) is 44.8 Å². The van der Waals surface area contributed by atoms with E-state index in [0.717, 1.165) is 23.5 Å². The van der Waals surface area contributed by atoms with Crippen LogP contribution in [0, 0.1) is 0 Å². The average molecular weight is 443 g/mol. The molecule has 0 unspecified atom stereocenters. The van der Waals surface area contributed by atoms with Gasteiger partial charge >= 0.3 is 23.1 Å². The topological polar surface area (TPSA) is 149 Å². The molecule has 0 bridgehead atoms. The molecule has 0 heterocycles. The summed E-state index contributed by atoms with van der Waals surface area (Å²) in [6, 6.07) is 0. The first kappa shape index (κ1) is 29.9. The quantitative estimate of drug-likeness (QED) is 0.293. The van der Waals surface area contributed by atoms with Gasteiger partial charge in [0.25, 0.3) is 0 Å². The molecule has 0 rings (SSSR count). The first-order valence-corrected chi connectivity index (χ1v) is 11.3. The Kier molecular flexibility index (Phi) is 17.0. The normalized spacial score (nSPS) is 10.7. The molecule has 0 aliphatic heterocycles. The third-order valence-electron chi connectivity index (χ3n) is 1.83. The number of carbonyl (C=O) groups is 2. The smallest absolute Gasteiger partial charge is 0.748 e. The van der Waals surface area contributed by atoms with Crippen molar-refractivity contribution in [2.24, 2.45) is 0 Å². The van der Waals surface area contributed by atoms with Gasteiger partial charge in [-0.15, -0.1) is 0 Å². The van der Waals surface area contributed by atoms with Crippen molar-refractivity contribution in [2.75, 3.05) is 23.0 Å². The van der Waals surface area contributed by atoms with Crippen molar-refractivity contribution < 1.29 is 35.5 Å². The summed E-state index contributed by atoms with van der Waals surface area (Å²) in [5.74, 6) is -1.04. The van der Waals surface area contributed by atoms with Crippen LogP contribution in [0.25, 0.3) is 0 Å². The van der Waals surface area contributed by atoms with Crippen LogP contribution in [0.1, 0.15) is 13.8 Å². The molecule has 0 aromatic heterocycles. The Morgan fingerprint density at radius 3 is 1.20 bits per heavy atom. The van der Waals surface area contributed by atoms with E-state index in [0.29, 0.717) is 11.1 Å². The average Bonchev–Trinajstić information content (AvgIpc) is 2.35. The Morgan fingerprint density at radius 1 is 0.800 bits per heavy atom. The van der Waals surface area contributed by atoms with Crippen LogP contribution >= 0.6 is 23.5 Å². The van der Waals surface area contributed by atoms with E-state index in [1.54, 1.807) is 0 Å². The predicted octanol–water partition coefficient (Wildman–Crippen LogP) is 0.354. The van der Waals surface area contributed by atoms with Crippen LogP contribution in [0.3, 0.4) is 0 Å². The molecular weight excluding hydrogens is 425 g/mol. The Morgan fingerprint density at radius 2 is 1.04 bits per heavy atom. The standard InChI is InChI=1S/2C6H10O4S2.Mg/c2*1-5(2)6(7)11-3-4-12(8,9)10;/h2*1,3-4H2,2H3,(H,8,9,10);/q;;+2/p-2. The summed E-state index contributed by atoms with van der Waals surface area (Å²) >= 11 is 1.59. The van der Waals surface area contributed by atoms with Crippen LogP contribution in [-0.4, -0.2) is 82.2 Å². The van der Waals surface area contributed by atoms with E-state index in [4.69, 9.17) is 0 Å². The number of carbonyl (C=O) groups excluding carboxylic acids is 2. The third-order valence-corrected chi connectivity index (χ3v) is 5.79. The Labute approximate surface area is 172 Å². The molecule has 0 saturated heterocycles. The zero-order valence-corrected chi connectivity index (χ0v) is 18.5. The van der Waals surface area contributed by atoms with Crippen molar-refractivity contribution in [3.05, 3.63) is 24.3 Å². The number of rotatable bonds is 8. The molecule has 25 heavy (non-hydrogen) atoms. The molecule has 0 amide bonds. The molecule has 0 aromatic rings. The van der Waals surface area contributed by atoms with Gasteiger partial charge in [-0.25, -0.2) is 16.8 Å². The van der Waals surface area contributed by atoms with Gasteiger partial charge < -0.3 is 9.11 Å². The summed E-state index contributed by atoms with van der Waals surface area (Å²) in [4.78, 5) is 21.6. The Balaban J connectivity index is -0.000000372. The minimum absolute atomic E-state index is 0. The van der Waals surface area contributed by atoms with E-state index >= 15 is 0 Å². The van der Waals surface area contributed by atoms with E-state index in [1.807, 2.05) is 0 Å². The van der Waals surface area contributed by atoms with Gasteiger partial charge in [0.05, 0.1) is 20.2 Å². The maximum atomic E-state index is 10.8. The fourth-order valence-electron chi connectivity index (χ4n) is 0.719. The van der Waals surface area contributed by atoms with Crippen LogP contribution in [-0.2, 0) is 29.8 Å². The van der Waals surface area contributed by atoms with Crippen LogP contribution in [0.15, 0.2) is 24.3 Å². The maximum Gasteiger partial charge on any atom is 2.00 e. The predicted molar refractivity (Wildman–Crippen MR) is 99.4 cm³/mol. The number of hydrogen-bond donors (Lipinski definition) is 0. The Bertz CT molecular complexity index is 622. The molecule has 0 spiro atoms. The molecule has 8 nitrogen and oxygen atoms in total. The molecule has 0 radical (unpaired) electrons. The van der Waals surface area contributed by atoms with Crippen molar-refractivity contribution >= 4 is 77.0 Å². The molecule has 0 N–H and O–H groups in total. The van der Waals surface area contributed by atoms with Gasteiger partial charge in [-0.05, 0) is 25.0 Å². The van der Waals surface area contributed by atoms with Gasteiger partial charge in [-0.3, -0.25) is 9.59 Å². The van der Waals surface area contributed by atoms with Gasteiger partial charge in [-0.2, -0.15) is 0 Å². The second-order valence-corrected chi connectivity index (χ2v) is 9.54. The molecule has 13 heteroatoms. The van der Waals surface area contributed by atoms with Crippen molar-refractivity contribution in [1.82, 2.24) is 0 Å². The van der Waals surface area contributed by atoms with Crippen LogP contribution in [0.5, 0.6) is 0 Å². The summed E-state index contributed by atoms with van der Waals surface area (Å²) in [6.45, 7) is 9.80. The van der Waals surface area contributed by atoms with Crippen molar-refractivity contribution in [1.29, 1.82) is 0 Å². The molecule has 0 atom stereocenters. The molecule has 0 saturated carbocycles. The minimum atomic E-state index is -4.20. The monoisotopic (exact) mass is 442 g/mol. The first-order valence-electron chi connectivity index (χ1n) is 6.18. The van der Waals surface area contributed by atoms with Crippen molar-refractivity contribution in [3.63, 3.8) is 0 Å². The summed E-state index contributed by atoms with van der Waals surface area (Å²) in [7, 11) is -8.40. The second-order valence-electron chi connectivity index (χ2n) is 4.36. The van der Waals surface area contributed by atoms with E-state index < -0.39 is 31.7 Å². The van der Waals surface area contributed by atoms with Crippen LogP contribution in [0.2, 0.25) is 0 Å². The van der Waals surface area contributed by atoms with Gasteiger partial charge in [0, 0.05) is 23.0 Å². The molecule has 0 aliphatic carbocycles. The molecule has 0 aliphatic rings. The second kappa shape index (κ2) is 14.2. The first-order chi connectivity index (χ1) is 10.7. The van der Waals surface area contributed by atoms with Crippen LogP contribution in [0.4, 0.5) is 0 Å². The number of thioether (sulfide) groups is 2. The maximum absolute atomic E-state index is 10.8. The van der Waals surface area contributed by atoms with Crippen molar-refractivity contribution in [3.8, 4) is 0 Å². The third kappa shape index (κ3) is 24.1. The van der Waals surface area contributed by atoms with Gasteiger partial charge in [0.2, 0.25) is 10.2 Å². The molecule has 140 valence electrons. The van der Waals surface area contributed by atoms with E-state index in [2.05, 4.69) is 13.2 Å². The molecule has 0 aromatic carbocycles. The fourth-order valence-corrected chi connectivity index (χ4v) is 3.88. The molecular formula is C12H18MgO8S4. The Hall–Kier alpha value is 0.106. The van der Waals surface area contributed by atoms with E-state index in [1.165, 1.54) is 13.8 Å². The van der Waals surface area contributed by atoms with Gasteiger partial charge in [-0.1, -0.05) is 36.7 Å². The van der Waals surface area contributed by atoms with E-state index in [9.17, 15) is 35.5 Å². The van der Waals surface area contributed by atoms with Crippen molar-refractivity contribution in [2.45, 2.75) is 13.8 Å². The summed E-state index contributed by atoms with van der Waals surface area (Å²) in [6.07, 6.45) is 0. The zero-order valence-electron chi connectivity index (χ0n) is 13.8. The van der Waals surface area contributed by atoms with Gasteiger partial charge in [0.1, 0.15) is 0 Å². The summed E-state index contributed by atoms with van der Waals surface area (Å²) < 4.78 is 60.5. The number of hydrogen-bond acceptors (Lipinski definition) is 10. The SMILES string of the molecule is C=C(C)C(=O)SCCS(=O)(=O)[O-].C=C(C)C(=O)SCCS(=O)(=O)[O-].[Mg+2]. The minimum Gasteiger partial charge on any atom is -0.748 e. The summed E-state index contributed by atoms with van der Waals surface area (Å²) in [5.41, 5.74) is 0.701. The zero-order chi connectivity index (χ0) is 19.6. The van der Waals surface area contributed by atoms with Gasteiger partial charge in [0.15, 0.2) is 0 Å². The summed E-state index contributed by atoms with van der Waals surface area (Å²) in [5, 5.41) is -0.558. The fraction of sp³-hybridized carbons (Fsp3) is 0.500.